The Kier molecular flexibility index (Phi) is 5.06. The normalized spacial score (nSPS) is 16.2. The Morgan fingerprint density at radius 3 is 2.96 bits per heavy atom. The molecule has 24 heavy (non-hydrogen) atoms. The number of carbonyl (C=O) groups is 2. The number of anilines is 1. The molecule has 0 N–H and O–H groups in total. The van der Waals surface area contributed by atoms with Gasteiger partial charge in [-0.15, -0.1) is 11.3 Å². The summed E-state index contributed by atoms with van der Waals surface area (Å²) in [6, 6.07) is 7.17. The molecule has 126 valence electrons. The molecule has 1 atom stereocenters. The van der Waals surface area contributed by atoms with Gasteiger partial charge >= 0.3 is 5.97 Å². The minimum absolute atomic E-state index is 0.0995. The lowest BCUT2D eigenvalue weighted by Crippen LogP contribution is -2.48. The maximum Gasteiger partial charge on any atom is 0.348 e. The summed E-state index contributed by atoms with van der Waals surface area (Å²) in [6.45, 7) is 2.06. The van der Waals surface area contributed by atoms with Gasteiger partial charge in [-0.25, -0.2) is 9.78 Å². The van der Waals surface area contributed by atoms with Crippen LogP contribution in [0.1, 0.15) is 5.69 Å². The molecule has 1 aliphatic rings. The first-order valence-corrected chi connectivity index (χ1v) is 9.14. The smallest absolute Gasteiger partial charge is 0.348 e. The van der Waals surface area contributed by atoms with E-state index < -0.39 is 12.1 Å². The molecule has 0 saturated carbocycles. The summed E-state index contributed by atoms with van der Waals surface area (Å²) in [4.78, 5) is 30.4. The van der Waals surface area contributed by atoms with Crippen molar-refractivity contribution in [1.82, 2.24) is 4.98 Å². The number of hydrogen-bond donors (Lipinski definition) is 0. The van der Waals surface area contributed by atoms with Gasteiger partial charge in [0.25, 0.3) is 0 Å². The van der Waals surface area contributed by atoms with Gasteiger partial charge in [-0.1, -0.05) is 23.9 Å². The SMILES string of the molecule is COC(=O)[C@H]1CN(C(=O)CSc2nc(C)cs2)c2ccccc2O1. The van der Waals surface area contributed by atoms with Crippen molar-refractivity contribution in [3.63, 3.8) is 0 Å². The fourth-order valence-electron chi connectivity index (χ4n) is 2.32. The molecule has 3 rings (SSSR count). The van der Waals surface area contributed by atoms with E-state index in [-0.39, 0.29) is 18.2 Å². The molecule has 0 unspecified atom stereocenters. The van der Waals surface area contributed by atoms with Crippen molar-refractivity contribution in [1.29, 1.82) is 0 Å². The van der Waals surface area contributed by atoms with E-state index in [2.05, 4.69) is 4.98 Å². The Hall–Kier alpha value is -2.06. The van der Waals surface area contributed by atoms with Gasteiger partial charge in [0.15, 0.2) is 4.34 Å². The molecule has 1 aliphatic heterocycles. The summed E-state index contributed by atoms with van der Waals surface area (Å²) >= 11 is 2.91. The van der Waals surface area contributed by atoms with E-state index in [1.165, 1.54) is 30.2 Å². The van der Waals surface area contributed by atoms with E-state index in [4.69, 9.17) is 9.47 Å². The zero-order chi connectivity index (χ0) is 17.1. The minimum Gasteiger partial charge on any atom is -0.475 e. The van der Waals surface area contributed by atoms with Crippen LogP contribution in [0, 0.1) is 6.92 Å². The van der Waals surface area contributed by atoms with Crippen LogP contribution >= 0.6 is 23.1 Å². The second kappa shape index (κ2) is 7.23. The molecule has 1 aromatic heterocycles. The first kappa shape index (κ1) is 16.8. The van der Waals surface area contributed by atoms with Gasteiger partial charge < -0.3 is 14.4 Å². The molecule has 1 aromatic carbocycles. The van der Waals surface area contributed by atoms with E-state index in [9.17, 15) is 9.59 Å². The zero-order valence-electron chi connectivity index (χ0n) is 13.2. The summed E-state index contributed by atoms with van der Waals surface area (Å²) in [5.74, 6) is 0.153. The van der Waals surface area contributed by atoms with Crippen molar-refractivity contribution >= 4 is 40.7 Å². The van der Waals surface area contributed by atoms with Crippen LogP contribution in [0.15, 0.2) is 34.0 Å². The van der Waals surface area contributed by atoms with Gasteiger partial charge in [-0.05, 0) is 19.1 Å². The number of para-hydroxylation sites is 2. The molecule has 1 amide bonds. The second-order valence-corrected chi connectivity index (χ2v) is 7.23. The second-order valence-electron chi connectivity index (χ2n) is 5.15. The fraction of sp³-hybridized carbons (Fsp3) is 0.312. The molecular weight excluding hydrogens is 348 g/mol. The van der Waals surface area contributed by atoms with Crippen molar-refractivity contribution in [3.05, 3.63) is 35.3 Å². The Morgan fingerprint density at radius 2 is 2.25 bits per heavy atom. The number of thiazole rings is 1. The van der Waals surface area contributed by atoms with Gasteiger partial charge in [0, 0.05) is 11.1 Å². The maximum absolute atomic E-state index is 12.7. The van der Waals surface area contributed by atoms with Crippen LogP contribution in [0.25, 0.3) is 0 Å². The number of thioether (sulfide) groups is 1. The van der Waals surface area contributed by atoms with E-state index >= 15 is 0 Å². The number of amides is 1. The van der Waals surface area contributed by atoms with Gasteiger partial charge in [-0.2, -0.15) is 0 Å². The lowest BCUT2D eigenvalue weighted by Gasteiger charge is -2.33. The Bertz CT molecular complexity index is 762. The maximum atomic E-state index is 12.7. The number of benzene rings is 1. The highest BCUT2D eigenvalue weighted by Crippen LogP contribution is 2.34. The first-order valence-electron chi connectivity index (χ1n) is 7.27. The highest BCUT2D eigenvalue weighted by molar-refractivity contribution is 8.01. The third kappa shape index (κ3) is 3.54. The molecule has 0 fully saturated rings. The Morgan fingerprint density at radius 1 is 1.46 bits per heavy atom. The Labute approximate surface area is 147 Å². The Balaban J connectivity index is 1.76. The summed E-state index contributed by atoms with van der Waals surface area (Å²) in [5, 5.41) is 1.95. The summed E-state index contributed by atoms with van der Waals surface area (Å²) in [6.07, 6.45) is -0.819. The first-order chi connectivity index (χ1) is 11.6. The third-order valence-corrected chi connectivity index (χ3v) is 5.58. The highest BCUT2D eigenvalue weighted by Gasteiger charge is 2.34. The molecule has 8 heteroatoms. The number of aromatic nitrogens is 1. The van der Waals surface area contributed by atoms with Crippen LogP contribution in [0.5, 0.6) is 5.75 Å². The number of rotatable bonds is 4. The molecule has 2 heterocycles. The van der Waals surface area contributed by atoms with E-state index in [0.717, 1.165) is 10.0 Å². The number of fused-ring (bicyclic) bond motifs is 1. The van der Waals surface area contributed by atoms with Crippen LogP contribution < -0.4 is 9.64 Å². The average molecular weight is 364 g/mol. The van der Waals surface area contributed by atoms with Crippen molar-refractivity contribution in [2.24, 2.45) is 0 Å². The van der Waals surface area contributed by atoms with E-state index in [0.29, 0.717) is 11.4 Å². The molecule has 0 spiro atoms. The molecule has 0 bridgehead atoms. The summed E-state index contributed by atoms with van der Waals surface area (Å²) in [7, 11) is 1.30. The number of aryl methyl sites for hydroxylation is 1. The third-order valence-electron chi connectivity index (χ3n) is 3.46. The van der Waals surface area contributed by atoms with Crippen LogP contribution in [0.3, 0.4) is 0 Å². The molecule has 2 aromatic rings. The number of nitrogens with zero attached hydrogens (tertiary/aromatic N) is 2. The lowest BCUT2D eigenvalue weighted by molar-refractivity contribution is -0.148. The standard InChI is InChI=1S/C16H16N2O4S2/c1-10-8-23-16(17-10)24-9-14(19)18-7-13(15(20)21-2)22-12-6-4-3-5-11(12)18/h3-6,8,13H,7,9H2,1-2H3/t13-/m1/s1. The number of methoxy groups -OCH3 is 1. The number of carbonyl (C=O) groups excluding carboxylic acids is 2. The van der Waals surface area contributed by atoms with Crippen molar-refractivity contribution < 1.29 is 19.1 Å². The lowest BCUT2D eigenvalue weighted by atomic mass is 10.2. The monoisotopic (exact) mass is 364 g/mol. The van der Waals surface area contributed by atoms with Crippen LogP contribution in [-0.2, 0) is 14.3 Å². The fourth-order valence-corrected chi connectivity index (χ4v) is 4.05. The molecule has 0 saturated heterocycles. The summed E-state index contributed by atoms with van der Waals surface area (Å²) in [5.41, 5.74) is 1.61. The number of hydrogen-bond acceptors (Lipinski definition) is 7. The van der Waals surface area contributed by atoms with Crippen molar-refractivity contribution in [3.8, 4) is 5.75 Å². The van der Waals surface area contributed by atoms with Gasteiger partial charge in [0.2, 0.25) is 12.0 Å². The predicted molar refractivity (Wildman–Crippen MR) is 92.8 cm³/mol. The molecule has 0 radical (unpaired) electrons. The molecule has 6 nitrogen and oxygen atoms in total. The topological polar surface area (TPSA) is 68.7 Å². The number of ether oxygens (including phenoxy) is 2. The zero-order valence-corrected chi connectivity index (χ0v) is 14.9. The average Bonchev–Trinajstić information content (AvgIpc) is 3.03. The van der Waals surface area contributed by atoms with Gasteiger partial charge in [0.1, 0.15) is 5.75 Å². The number of esters is 1. The van der Waals surface area contributed by atoms with Crippen LogP contribution in [0.2, 0.25) is 0 Å². The predicted octanol–water partition coefficient (Wildman–Crippen LogP) is 2.51. The van der Waals surface area contributed by atoms with Crippen LogP contribution in [0.4, 0.5) is 5.69 Å². The van der Waals surface area contributed by atoms with Crippen LogP contribution in [-0.4, -0.2) is 42.4 Å². The largest absolute Gasteiger partial charge is 0.475 e. The van der Waals surface area contributed by atoms with Gasteiger partial charge in [0.05, 0.1) is 25.1 Å². The minimum atomic E-state index is -0.819. The summed E-state index contributed by atoms with van der Waals surface area (Å²) < 4.78 is 11.2. The molecule has 0 aliphatic carbocycles. The van der Waals surface area contributed by atoms with E-state index in [1.54, 1.807) is 23.1 Å². The quantitative estimate of drug-likeness (QED) is 0.613. The molecular formula is C16H16N2O4S2. The van der Waals surface area contributed by atoms with E-state index in [1.807, 2.05) is 18.4 Å². The van der Waals surface area contributed by atoms with Crippen molar-refractivity contribution in [2.75, 3.05) is 24.3 Å². The highest BCUT2D eigenvalue weighted by atomic mass is 32.2. The van der Waals surface area contributed by atoms with Crippen molar-refractivity contribution in [2.45, 2.75) is 17.4 Å². The van der Waals surface area contributed by atoms with Gasteiger partial charge in [-0.3, -0.25) is 4.79 Å².